The minimum atomic E-state index is -0.602. The van der Waals surface area contributed by atoms with E-state index in [1.165, 1.54) is 7.11 Å². The van der Waals surface area contributed by atoms with Crippen LogP contribution >= 0.6 is 11.8 Å². The fourth-order valence-electron chi connectivity index (χ4n) is 2.70. The smallest absolute Gasteiger partial charge is 0.289 e. The summed E-state index contributed by atoms with van der Waals surface area (Å²) in [5.41, 5.74) is 6.42. The van der Waals surface area contributed by atoms with Crippen molar-refractivity contribution >= 4 is 40.5 Å². The number of carbonyl (C=O) groups is 2. The van der Waals surface area contributed by atoms with Gasteiger partial charge in [0.1, 0.15) is 17.3 Å². The van der Waals surface area contributed by atoms with Crippen LogP contribution in [0.25, 0.3) is 6.08 Å². The first kappa shape index (κ1) is 22.0. The number of nitrogens with one attached hydrogen (secondary N) is 1. The highest BCUT2D eigenvalue weighted by atomic mass is 32.2. The number of hydrogen-bond donors (Lipinski definition) is 2. The summed E-state index contributed by atoms with van der Waals surface area (Å²) in [4.78, 5) is 28.2. The number of thioether (sulfide) groups is 1. The molecule has 1 fully saturated rings. The fourth-order valence-corrected chi connectivity index (χ4v) is 3.43. The molecule has 0 aromatic heterocycles. The van der Waals surface area contributed by atoms with E-state index >= 15 is 0 Å². The second kappa shape index (κ2) is 9.90. The number of methoxy groups -OCH3 is 3. The Balaban J connectivity index is 1.95. The molecule has 0 bridgehead atoms. The normalized spacial score (nSPS) is 15.6. The van der Waals surface area contributed by atoms with Gasteiger partial charge in [0, 0.05) is 18.2 Å². The highest BCUT2D eigenvalue weighted by Gasteiger charge is 2.24. The molecule has 1 aliphatic rings. The Kier molecular flexibility index (Phi) is 7.03. The van der Waals surface area contributed by atoms with Crippen molar-refractivity contribution in [3.8, 4) is 23.0 Å². The summed E-state index contributed by atoms with van der Waals surface area (Å²) < 4.78 is 21.2. The quantitative estimate of drug-likeness (QED) is 0.643. The van der Waals surface area contributed by atoms with Gasteiger partial charge in [0.25, 0.3) is 11.1 Å². The van der Waals surface area contributed by atoms with Crippen LogP contribution in [0.15, 0.2) is 46.3 Å². The lowest BCUT2D eigenvalue weighted by Crippen LogP contribution is -2.20. The van der Waals surface area contributed by atoms with Gasteiger partial charge < -0.3 is 30.0 Å². The molecule has 31 heavy (non-hydrogen) atoms. The number of primary amides is 1. The number of aliphatic imine (C=N–C) groups is 1. The Labute approximate surface area is 183 Å². The van der Waals surface area contributed by atoms with Crippen molar-refractivity contribution in [3.63, 3.8) is 0 Å². The van der Waals surface area contributed by atoms with Gasteiger partial charge in [0.15, 0.2) is 18.1 Å². The van der Waals surface area contributed by atoms with Crippen molar-refractivity contribution in [1.29, 1.82) is 0 Å². The molecule has 3 N–H and O–H groups in total. The Hall–Kier alpha value is -3.66. The molecule has 10 heteroatoms. The van der Waals surface area contributed by atoms with Gasteiger partial charge in [0.2, 0.25) is 0 Å². The average Bonchev–Trinajstić information content (AvgIpc) is 3.10. The minimum Gasteiger partial charge on any atom is -0.497 e. The predicted molar refractivity (Wildman–Crippen MR) is 118 cm³/mol. The van der Waals surface area contributed by atoms with Crippen LogP contribution in [0.1, 0.15) is 5.56 Å². The molecule has 0 radical (unpaired) electrons. The fraction of sp³-hybridized carbons (Fsp3) is 0.190. The van der Waals surface area contributed by atoms with Gasteiger partial charge in [-0.15, -0.1) is 0 Å². The molecular formula is C21H21N3O6S. The zero-order chi connectivity index (χ0) is 22.4. The highest BCUT2D eigenvalue weighted by Crippen LogP contribution is 2.34. The molecule has 0 atom stereocenters. The van der Waals surface area contributed by atoms with Gasteiger partial charge in [-0.05, 0) is 35.5 Å². The Bertz CT molecular complexity index is 1040. The van der Waals surface area contributed by atoms with Crippen molar-refractivity contribution in [2.45, 2.75) is 0 Å². The third kappa shape index (κ3) is 5.70. The number of carbonyl (C=O) groups excluding carboxylic acids is 2. The van der Waals surface area contributed by atoms with E-state index in [4.69, 9.17) is 24.7 Å². The number of nitrogens with two attached hydrogens (primary N) is 1. The van der Waals surface area contributed by atoms with Gasteiger partial charge in [-0.1, -0.05) is 6.07 Å². The molecule has 1 heterocycles. The lowest BCUT2D eigenvalue weighted by atomic mass is 10.2. The molecule has 162 valence electrons. The maximum atomic E-state index is 12.0. The highest BCUT2D eigenvalue weighted by molar-refractivity contribution is 8.18. The van der Waals surface area contributed by atoms with E-state index in [0.29, 0.717) is 39.4 Å². The van der Waals surface area contributed by atoms with Crippen LogP contribution < -0.4 is 30.0 Å². The zero-order valence-electron chi connectivity index (χ0n) is 17.1. The monoisotopic (exact) mass is 443 g/mol. The Morgan fingerprint density at radius 3 is 2.39 bits per heavy atom. The summed E-state index contributed by atoms with van der Waals surface area (Å²) in [5.74, 6) is 1.75. The molecule has 1 saturated heterocycles. The van der Waals surface area contributed by atoms with Gasteiger partial charge in [0.05, 0.1) is 31.9 Å². The summed E-state index contributed by atoms with van der Waals surface area (Å²) in [6.07, 6.45) is 1.77. The van der Waals surface area contributed by atoms with E-state index in [1.54, 1.807) is 56.7 Å². The maximum Gasteiger partial charge on any atom is 0.289 e. The van der Waals surface area contributed by atoms with E-state index in [9.17, 15) is 9.59 Å². The lowest BCUT2D eigenvalue weighted by Gasteiger charge is -2.10. The molecule has 1 aliphatic heterocycles. The zero-order valence-corrected chi connectivity index (χ0v) is 17.9. The van der Waals surface area contributed by atoms with Crippen molar-refractivity contribution in [2.75, 3.05) is 27.9 Å². The topological polar surface area (TPSA) is 121 Å². The van der Waals surface area contributed by atoms with E-state index in [2.05, 4.69) is 10.3 Å². The number of amidine groups is 1. The Morgan fingerprint density at radius 1 is 1.06 bits per heavy atom. The molecule has 3 rings (SSSR count). The van der Waals surface area contributed by atoms with Crippen LogP contribution in [0, 0.1) is 0 Å². The summed E-state index contributed by atoms with van der Waals surface area (Å²) in [5, 5.41) is 2.48. The molecule has 2 amide bonds. The predicted octanol–water partition coefficient (Wildman–Crippen LogP) is 3.10. The lowest BCUT2D eigenvalue weighted by molar-refractivity contribution is -0.119. The summed E-state index contributed by atoms with van der Waals surface area (Å²) in [7, 11) is 4.59. The first-order chi connectivity index (χ1) is 14.9. The van der Waals surface area contributed by atoms with Crippen LogP contribution in [-0.4, -0.2) is 44.9 Å². The first-order valence-electron chi connectivity index (χ1n) is 9.03. The molecular weight excluding hydrogens is 422 g/mol. The second-order valence-electron chi connectivity index (χ2n) is 6.22. The molecule has 2 aromatic rings. The third-order valence-corrected chi connectivity index (χ3v) is 4.91. The van der Waals surface area contributed by atoms with Gasteiger partial charge in [-0.2, -0.15) is 0 Å². The van der Waals surface area contributed by atoms with E-state index in [1.807, 2.05) is 0 Å². The number of ether oxygens (including phenoxy) is 4. The van der Waals surface area contributed by atoms with Crippen LogP contribution in [-0.2, 0) is 4.79 Å². The van der Waals surface area contributed by atoms with E-state index in [0.717, 1.165) is 17.3 Å². The number of benzene rings is 2. The standard InChI is InChI=1S/C21H21N3O6S/c1-27-14-8-13(9-15(10-14)28-2)23-20-18(31-21(26)24-20)7-12-4-5-16(29-3)17(6-12)30-11-19(22)25/h4-10H,11H2,1-3H3,(H2,22,25)(H,23,24,26)/b18-7+. The van der Waals surface area contributed by atoms with E-state index in [-0.39, 0.29) is 11.8 Å². The second-order valence-corrected chi connectivity index (χ2v) is 7.23. The van der Waals surface area contributed by atoms with Gasteiger partial charge in [-0.25, -0.2) is 4.99 Å². The molecule has 9 nitrogen and oxygen atoms in total. The van der Waals surface area contributed by atoms with Crippen LogP contribution in [0.4, 0.5) is 10.5 Å². The van der Waals surface area contributed by atoms with Crippen molar-refractivity contribution < 1.29 is 28.5 Å². The molecule has 0 spiro atoms. The maximum absolute atomic E-state index is 12.0. The first-order valence-corrected chi connectivity index (χ1v) is 9.85. The van der Waals surface area contributed by atoms with Gasteiger partial charge in [-0.3, -0.25) is 9.59 Å². The SMILES string of the molecule is COc1cc(N=C2NC(=O)S/C2=C/c2ccc(OC)c(OCC(N)=O)c2)cc(OC)c1. The van der Waals surface area contributed by atoms with E-state index < -0.39 is 5.91 Å². The van der Waals surface area contributed by atoms with Crippen molar-refractivity contribution in [1.82, 2.24) is 5.32 Å². The Morgan fingerprint density at radius 2 is 1.77 bits per heavy atom. The third-order valence-electron chi connectivity index (χ3n) is 4.09. The molecule has 0 saturated carbocycles. The summed E-state index contributed by atoms with van der Waals surface area (Å²) >= 11 is 1.01. The molecule has 2 aromatic carbocycles. The summed E-state index contributed by atoms with van der Waals surface area (Å²) in [6.45, 7) is -0.282. The summed E-state index contributed by atoms with van der Waals surface area (Å²) in [6, 6.07) is 10.4. The number of amides is 2. The van der Waals surface area contributed by atoms with Crippen LogP contribution in [0.2, 0.25) is 0 Å². The number of rotatable bonds is 8. The average molecular weight is 443 g/mol. The largest absolute Gasteiger partial charge is 0.497 e. The number of hydrogen-bond acceptors (Lipinski definition) is 8. The van der Waals surface area contributed by atoms with Gasteiger partial charge >= 0.3 is 0 Å². The number of nitrogens with zero attached hydrogens (tertiary/aromatic N) is 1. The van der Waals surface area contributed by atoms with Crippen molar-refractivity contribution in [2.24, 2.45) is 10.7 Å². The minimum absolute atomic E-state index is 0.251. The molecule has 0 unspecified atom stereocenters. The van der Waals surface area contributed by atoms with Crippen LogP contribution in [0.3, 0.4) is 0 Å². The molecule has 0 aliphatic carbocycles. The van der Waals surface area contributed by atoms with Crippen molar-refractivity contribution in [3.05, 3.63) is 46.9 Å². The van der Waals surface area contributed by atoms with Crippen LogP contribution in [0.5, 0.6) is 23.0 Å².